The predicted octanol–water partition coefficient (Wildman–Crippen LogP) is 5.28. The Morgan fingerprint density at radius 1 is 0.680 bits per heavy atom. The zero-order valence-corrected chi connectivity index (χ0v) is 13.9. The zero-order valence-electron chi connectivity index (χ0n) is 12.7. The van der Waals surface area contributed by atoms with Crippen molar-refractivity contribution >= 4 is 9.24 Å². The monoisotopic (exact) mass is 416 g/mol. The van der Waals surface area contributed by atoms with E-state index in [4.69, 9.17) is 5.11 Å². The number of alkyl halides is 11. The minimum absolute atomic E-state index is 0.633. The van der Waals surface area contributed by atoms with E-state index < -0.39 is 67.3 Å². The molecule has 0 heterocycles. The van der Waals surface area contributed by atoms with E-state index in [1.54, 1.807) is 0 Å². The summed E-state index contributed by atoms with van der Waals surface area (Å²) >= 11 is 0. The standard InChI is InChI=1S/C12H16F11OP/c1-7(13,25)2-3-9(16,17)11(20,21)12(22,23)10(18,19)6-8(14,15)4-5-24/h24H,2-6,25H2,1H3. The summed E-state index contributed by atoms with van der Waals surface area (Å²) in [4.78, 5) is 0. The second-order valence-electron chi connectivity index (χ2n) is 5.84. The van der Waals surface area contributed by atoms with Gasteiger partial charge in [0.15, 0.2) is 0 Å². The third-order valence-electron chi connectivity index (χ3n) is 3.20. The third-order valence-corrected chi connectivity index (χ3v) is 3.49. The van der Waals surface area contributed by atoms with E-state index in [0.717, 1.165) is 0 Å². The SMILES string of the molecule is CC(F)(P)CCC(F)(F)C(F)(F)C(F)(F)C(F)(F)CC(F)(F)CCO. The van der Waals surface area contributed by atoms with Crippen LogP contribution in [0.25, 0.3) is 0 Å². The molecule has 1 nitrogen and oxygen atoms in total. The lowest BCUT2D eigenvalue weighted by Crippen LogP contribution is -2.63. The highest BCUT2D eigenvalue weighted by Crippen LogP contribution is 2.56. The largest absolute Gasteiger partial charge is 0.396 e. The Labute approximate surface area is 138 Å². The van der Waals surface area contributed by atoms with E-state index in [1.165, 1.54) is 9.24 Å². The van der Waals surface area contributed by atoms with Gasteiger partial charge in [-0.3, -0.25) is 0 Å². The van der Waals surface area contributed by atoms with Crippen LogP contribution in [0.1, 0.15) is 32.6 Å². The first-order valence-electron chi connectivity index (χ1n) is 6.70. The van der Waals surface area contributed by atoms with Gasteiger partial charge in [-0.05, 0) is 13.3 Å². The van der Waals surface area contributed by atoms with Crippen LogP contribution in [0.15, 0.2) is 0 Å². The van der Waals surface area contributed by atoms with Gasteiger partial charge in [0.1, 0.15) is 5.41 Å². The zero-order chi connectivity index (χ0) is 20.5. The van der Waals surface area contributed by atoms with Crippen LogP contribution in [0.2, 0.25) is 0 Å². The molecule has 2 atom stereocenters. The Bertz CT molecular complexity index is 445. The molecule has 0 fully saturated rings. The fourth-order valence-corrected chi connectivity index (χ4v) is 1.85. The summed E-state index contributed by atoms with van der Waals surface area (Å²) in [5.74, 6) is -30.3. The number of aliphatic hydroxyl groups is 1. The maximum Gasteiger partial charge on any atom is 0.378 e. The second kappa shape index (κ2) is 7.32. The topological polar surface area (TPSA) is 20.2 Å². The van der Waals surface area contributed by atoms with Crippen molar-refractivity contribution in [3.8, 4) is 0 Å². The second-order valence-corrected chi connectivity index (χ2v) is 7.05. The molecular formula is C12H16F11OP. The summed E-state index contributed by atoms with van der Waals surface area (Å²) in [6.45, 7) is -0.793. The third kappa shape index (κ3) is 5.80. The lowest BCUT2D eigenvalue weighted by molar-refractivity contribution is -0.374. The van der Waals surface area contributed by atoms with Crippen molar-refractivity contribution in [3.05, 3.63) is 0 Å². The molecule has 0 saturated heterocycles. The highest BCUT2D eigenvalue weighted by atomic mass is 31.0. The molecule has 0 amide bonds. The van der Waals surface area contributed by atoms with E-state index in [9.17, 15) is 48.3 Å². The van der Waals surface area contributed by atoms with Crippen LogP contribution in [-0.4, -0.2) is 46.7 Å². The molecule has 0 saturated carbocycles. The number of hydrogen-bond donors (Lipinski definition) is 1. The minimum atomic E-state index is -6.85. The molecule has 0 aromatic carbocycles. The van der Waals surface area contributed by atoms with Gasteiger partial charge in [-0.1, -0.05) is 9.24 Å². The molecule has 152 valence electrons. The van der Waals surface area contributed by atoms with E-state index in [0.29, 0.717) is 6.92 Å². The molecule has 13 heteroatoms. The Morgan fingerprint density at radius 2 is 1.08 bits per heavy atom. The molecular weight excluding hydrogens is 400 g/mol. The van der Waals surface area contributed by atoms with Gasteiger partial charge in [0, 0.05) is 19.4 Å². The quantitative estimate of drug-likeness (QED) is 0.380. The van der Waals surface area contributed by atoms with Crippen molar-refractivity contribution < 1.29 is 53.4 Å². The average Bonchev–Trinajstić information content (AvgIpc) is 2.33. The number of hydrogen-bond acceptors (Lipinski definition) is 1. The summed E-state index contributed by atoms with van der Waals surface area (Å²) in [5, 5.41) is 5.65. The van der Waals surface area contributed by atoms with E-state index in [-0.39, 0.29) is 0 Å². The van der Waals surface area contributed by atoms with E-state index in [2.05, 4.69) is 0 Å². The van der Waals surface area contributed by atoms with Crippen LogP contribution >= 0.6 is 9.24 Å². The van der Waals surface area contributed by atoms with Crippen LogP contribution in [-0.2, 0) is 0 Å². The first kappa shape index (κ1) is 24.6. The molecule has 0 aromatic rings. The summed E-state index contributed by atoms with van der Waals surface area (Å²) in [7, 11) is 1.32. The molecule has 2 unspecified atom stereocenters. The van der Waals surface area contributed by atoms with Gasteiger partial charge in [0.2, 0.25) is 0 Å². The Balaban J connectivity index is 5.62. The van der Waals surface area contributed by atoms with Gasteiger partial charge in [-0.15, -0.1) is 0 Å². The van der Waals surface area contributed by atoms with Crippen molar-refractivity contribution in [2.75, 3.05) is 6.61 Å². The minimum Gasteiger partial charge on any atom is -0.396 e. The number of aliphatic hydroxyl groups excluding tert-OH is 1. The van der Waals surface area contributed by atoms with Gasteiger partial charge in [-0.2, -0.15) is 35.1 Å². The molecule has 1 N–H and O–H groups in total. The van der Waals surface area contributed by atoms with Gasteiger partial charge >= 0.3 is 23.7 Å². The Hall–Kier alpha value is -0.380. The van der Waals surface area contributed by atoms with Crippen molar-refractivity contribution in [2.45, 2.75) is 67.6 Å². The highest BCUT2D eigenvalue weighted by molar-refractivity contribution is 7.18. The molecule has 25 heavy (non-hydrogen) atoms. The molecule has 0 bridgehead atoms. The first-order chi connectivity index (χ1) is 10.7. The molecule has 0 aliphatic carbocycles. The van der Waals surface area contributed by atoms with Crippen molar-refractivity contribution in [1.29, 1.82) is 0 Å². The average molecular weight is 416 g/mol. The Morgan fingerprint density at radius 3 is 1.44 bits per heavy atom. The summed E-state index contributed by atoms with van der Waals surface area (Å²) in [6.07, 6.45) is -8.56. The molecule has 0 rings (SSSR count). The Kier molecular flexibility index (Phi) is 7.21. The summed E-state index contributed by atoms with van der Waals surface area (Å²) in [6, 6.07) is 0. The maximum atomic E-state index is 13.4. The first-order valence-corrected chi connectivity index (χ1v) is 7.28. The molecule has 0 spiro atoms. The summed E-state index contributed by atoms with van der Waals surface area (Å²) in [5.41, 5.74) is 0. The van der Waals surface area contributed by atoms with Gasteiger partial charge in [0.25, 0.3) is 5.92 Å². The molecule has 0 radical (unpaired) electrons. The number of halogens is 11. The fourth-order valence-electron chi connectivity index (χ4n) is 1.71. The predicted molar refractivity (Wildman–Crippen MR) is 69.5 cm³/mol. The van der Waals surface area contributed by atoms with E-state index >= 15 is 0 Å². The lowest BCUT2D eigenvalue weighted by atomic mass is 9.91. The molecule has 0 aliphatic heterocycles. The van der Waals surface area contributed by atoms with Crippen molar-refractivity contribution in [1.82, 2.24) is 0 Å². The molecule has 0 aromatic heterocycles. The highest BCUT2D eigenvalue weighted by Gasteiger charge is 2.80. The van der Waals surface area contributed by atoms with Crippen molar-refractivity contribution in [2.24, 2.45) is 0 Å². The van der Waals surface area contributed by atoms with Crippen LogP contribution in [0.4, 0.5) is 48.3 Å². The normalized spacial score (nSPS) is 17.5. The lowest BCUT2D eigenvalue weighted by Gasteiger charge is -2.38. The van der Waals surface area contributed by atoms with Gasteiger partial charge in [-0.25, -0.2) is 13.2 Å². The van der Waals surface area contributed by atoms with Crippen LogP contribution in [0.3, 0.4) is 0 Å². The van der Waals surface area contributed by atoms with Gasteiger partial charge in [0.05, 0.1) is 6.42 Å². The van der Waals surface area contributed by atoms with Crippen LogP contribution in [0.5, 0.6) is 0 Å². The van der Waals surface area contributed by atoms with Gasteiger partial charge < -0.3 is 5.11 Å². The summed E-state index contributed by atoms with van der Waals surface area (Å²) < 4.78 is 146. The maximum absolute atomic E-state index is 13.4. The molecule has 0 aliphatic rings. The number of rotatable bonds is 10. The van der Waals surface area contributed by atoms with Crippen LogP contribution < -0.4 is 0 Å². The van der Waals surface area contributed by atoms with E-state index in [1.807, 2.05) is 0 Å². The van der Waals surface area contributed by atoms with Crippen molar-refractivity contribution in [3.63, 3.8) is 0 Å². The van der Waals surface area contributed by atoms with Crippen LogP contribution in [0, 0.1) is 0 Å². The fraction of sp³-hybridized carbons (Fsp3) is 1.00. The smallest absolute Gasteiger partial charge is 0.378 e.